The monoisotopic (exact) mass is 357 g/mol. The zero-order chi connectivity index (χ0) is 17.9. The zero-order valence-corrected chi connectivity index (χ0v) is 13.9. The number of para-hydroxylation sites is 1. The summed E-state index contributed by atoms with van der Waals surface area (Å²) in [7, 11) is -3.08. The molecule has 1 aliphatic heterocycles. The molecule has 0 amide bonds. The molecular formula is C14H19N3O6S. The minimum absolute atomic E-state index is 0.0185. The number of nitrogens with zero attached hydrogens (tertiary/aromatic N) is 2. The highest BCUT2D eigenvalue weighted by molar-refractivity contribution is 7.89. The molecule has 1 aromatic carbocycles. The second kappa shape index (κ2) is 7.24. The van der Waals surface area contributed by atoms with E-state index in [-0.39, 0.29) is 25.4 Å². The average Bonchev–Trinajstić information content (AvgIpc) is 2.60. The molecule has 2 N–H and O–H groups in total. The molecule has 1 saturated heterocycles. The van der Waals surface area contributed by atoms with Crippen molar-refractivity contribution in [3.05, 3.63) is 34.4 Å². The number of rotatable bonds is 5. The van der Waals surface area contributed by atoms with Gasteiger partial charge in [0.2, 0.25) is 0 Å². The van der Waals surface area contributed by atoms with Gasteiger partial charge in [-0.15, -0.1) is 0 Å². The predicted molar refractivity (Wildman–Crippen MR) is 84.6 cm³/mol. The van der Waals surface area contributed by atoms with Crippen LogP contribution < -0.4 is 5.73 Å². The highest BCUT2D eigenvalue weighted by Crippen LogP contribution is 2.32. The van der Waals surface area contributed by atoms with E-state index in [1.54, 1.807) is 0 Å². The van der Waals surface area contributed by atoms with Crippen molar-refractivity contribution in [3.8, 4) is 0 Å². The van der Waals surface area contributed by atoms with Gasteiger partial charge in [-0.1, -0.05) is 12.1 Å². The predicted octanol–water partition coefficient (Wildman–Crippen LogP) is 0.496. The first-order valence-electron chi connectivity index (χ1n) is 7.36. The molecule has 0 radical (unpaired) electrons. The van der Waals surface area contributed by atoms with Gasteiger partial charge in [0.1, 0.15) is 6.04 Å². The smallest absolute Gasteiger partial charge is 0.324 e. The van der Waals surface area contributed by atoms with Crippen LogP contribution in [0.3, 0.4) is 0 Å². The lowest BCUT2D eigenvalue weighted by atomic mass is 9.95. The molecule has 0 aromatic heterocycles. The third-order valence-corrected chi connectivity index (χ3v) is 6.01. The number of ether oxygens (including phenoxy) is 1. The topological polar surface area (TPSA) is 133 Å². The Morgan fingerprint density at radius 3 is 2.67 bits per heavy atom. The number of nitro groups is 1. The molecule has 1 aliphatic rings. The summed E-state index contributed by atoms with van der Waals surface area (Å²) in [6, 6.07) is 4.05. The standard InChI is InChI=1S/C14H19N3O6S/c1-23-14(18)12-7-6-10(8-15)9-16(12)24(21,22)13-5-3-2-4-11(13)17(19)20/h2-5,10,12H,6-9,15H2,1H3. The van der Waals surface area contributed by atoms with E-state index in [0.717, 1.165) is 16.4 Å². The Labute approximate surface area is 139 Å². The SMILES string of the molecule is COC(=O)C1CCC(CN)CN1S(=O)(=O)c1ccccc1[N+](=O)[O-]. The van der Waals surface area contributed by atoms with Gasteiger partial charge in [-0.25, -0.2) is 8.42 Å². The number of hydrogen-bond donors (Lipinski definition) is 1. The highest BCUT2D eigenvalue weighted by atomic mass is 32.2. The Morgan fingerprint density at radius 1 is 1.42 bits per heavy atom. The van der Waals surface area contributed by atoms with E-state index in [1.165, 1.54) is 19.2 Å². The van der Waals surface area contributed by atoms with Crippen molar-refractivity contribution >= 4 is 21.7 Å². The van der Waals surface area contributed by atoms with Gasteiger partial charge < -0.3 is 10.5 Å². The number of nitrogens with two attached hydrogens (primary N) is 1. The van der Waals surface area contributed by atoms with Crippen LogP contribution in [0.5, 0.6) is 0 Å². The Kier molecular flexibility index (Phi) is 5.52. The number of esters is 1. The summed E-state index contributed by atoms with van der Waals surface area (Å²) in [6.07, 6.45) is 0.841. The van der Waals surface area contributed by atoms with Crippen molar-refractivity contribution in [1.82, 2.24) is 4.31 Å². The van der Waals surface area contributed by atoms with Gasteiger partial charge in [0.25, 0.3) is 15.7 Å². The molecule has 2 unspecified atom stereocenters. The second-order valence-electron chi connectivity index (χ2n) is 5.52. The molecule has 132 valence electrons. The maximum Gasteiger partial charge on any atom is 0.324 e. The number of nitro benzene ring substituents is 1. The lowest BCUT2D eigenvalue weighted by molar-refractivity contribution is -0.387. The fraction of sp³-hybridized carbons (Fsp3) is 0.500. The van der Waals surface area contributed by atoms with Crippen molar-refractivity contribution in [3.63, 3.8) is 0 Å². The summed E-state index contributed by atoms with van der Waals surface area (Å²) in [5, 5.41) is 11.2. The van der Waals surface area contributed by atoms with Gasteiger partial charge >= 0.3 is 5.97 Å². The van der Waals surface area contributed by atoms with Crippen LogP contribution in [0.15, 0.2) is 29.2 Å². The van der Waals surface area contributed by atoms with Gasteiger partial charge in [-0.3, -0.25) is 14.9 Å². The van der Waals surface area contributed by atoms with Crippen LogP contribution in [0.25, 0.3) is 0 Å². The van der Waals surface area contributed by atoms with Crippen molar-refractivity contribution < 1.29 is 22.9 Å². The Hall–Kier alpha value is -2.04. The first-order valence-corrected chi connectivity index (χ1v) is 8.80. The van der Waals surface area contributed by atoms with E-state index in [1.807, 2.05) is 0 Å². The number of carbonyl (C=O) groups is 1. The quantitative estimate of drug-likeness (QED) is 0.461. The van der Waals surface area contributed by atoms with Crippen LogP contribution in [-0.4, -0.2) is 49.9 Å². The minimum atomic E-state index is -4.25. The molecule has 2 atom stereocenters. The molecular weight excluding hydrogens is 338 g/mol. The van der Waals surface area contributed by atoms with E-state index in [4.69, 9.17) is 5.73 Å². The third-order valence-electron chi connectivity index (χ3n) is 4.09. The molecule has 1 heterocycles. The molecule has 2 rings (SSSR count). The summed E-state index contributed by atoms with van der Waals surface area (Å²) < 4.78 is 31.6. The highest BCUT2D eigenvalue weighted by Gasteiger charge is 2.43. The number of piperidine rings is 1. The van der Waals surface area contributed by atoms with Crippen LogP contribution in [-0.2, 0) is 19.6 Å². The van der Waals surface area contributed by atoms with Crippen LogP contribution in [0, 0.1) is 16.0 Å². The second-order valence-corrected chi connectivity index (χ2v) is 7.38. The molecule has 9 nitrogen and oxygen atoms in total. The van der Waals surface area contributed by atoms with E-state index in [0.29, 0.717) is 6.42 Å². The molecule has 0 bridgehead atoms. The van der Waals surface area contributed by atoms with Crippen molar-refractivity contribution in [1.29, 1.82) is 0 Å². The molecule has 0 aliphatic carbocycles. The fourth-order valence-corrected chi connectivity index (χ4v) is 4.64. The number of benzene rings is 1. The zero-order valence-electron chi connectivity index (χ0n) is 13.1. The summed E-state index contributed by atoms with van der Waals surface area (Å²) >= 11 is 0. The Morgan fingerprint density at radius 2 is 2.08 bits per heavy atom. The van der Waals surface area contributed by atoms with E-state index < -0.39 is 37.5 Å². The van der Waals surface area contributed by atoms with E-state index in [2.05, 4.69) is 4.74 Å². The first-order chi connectivity index (χ1) is 11.3. The van der Waals surface area contributed by atoms with Crippen LogP contribution in [0.4, 0.5) is 5.69 Å². The third kappa shape index (κ3) is 3.40. The fourth-order valence-electron chi connectivity index (χ4n) is 2.79. The number of hydrogen-bond acceptors (Lipinski definition) is 7. The average molecular weight is 357 g/mol. The molecule has 0 saturated carbocycles. The lowest BCUT2D eigenvalue weighted by Gasteiger charge is -2.36. The lowest BCUT2D eigenvalue weighted by Crippen LogP contribution is -2.52. The molecule has 10 heteroatoms. The summed E-state index contributed by atoms with van der Waals surface area (Å²) in [5.74, 6) is -0.809. The summed E-state index contributed by atoms with van der Waals surface area (Å²) in [4.78, 5) is 21.9. The van der Waals surface area contributed by atoms with Crippen LogP contribution in [0.2, 0.25) is 0 Å². The number of sulfonamides is 1. The molecule has 1 aromatic rings. The van der Waals surface area contributed by atoms with Gasteiger partial charge in [0.15, 0.2) is 4.90 Å². The number of methoxy groups -OCH3 is 1. The Balaban J connectivity index is 2.51. The first kappa shape index (κ1) is 18.3. The van der Waals surface area contributed by atoms with Crippen LogP contribution >= 0.6 is 0 Å². The van der Waals surface area contributed by atoms with Gasteiger partial charge in [-0.05, 0) is 31.4 Å². The largest absolute Gasteiger partial charge is 0.468 e. The van der Waals surface area contributed by atoms with E-state index in [9.17, 15) is 23.3 Å². The summed E-state index contributed by atoms with van der Waals surface area (Å²) in [5.41, 5.74) is 5.10. The van der Waals surface area contributed by atoms with Crippen molar-refractivity contribution in [2.75, 3.05) is 20.2 Å². The van der Waals surface area contributed by atoms with Gasteiger partial charge in [0.05, 0.1) is 12.0 Å². The van der Waals surface area contributed by atoms with Crippen molar-refractivity contribution in [2.45, 2.75) is 23.8 Å². The molecule has 0 spiro atoms. The van der Waals surface area contributed by atoms with Crippen molar-refractivity contribution in [2.24, 2.45) is 11.7 Å². The minimum Gasteiger partial charge on any atom is -0.468 e. The van der Waals surface area contributed by atoms with Gasteiger partial charge in [-0.2, -0.15) is 4.31 Å². The Bertz CT molecular complexity index is 736. The van der Waals surface area contributed by atoms with Gasteiger partial charge in [0, 0.05) is 12.6 Å². The van der Waals surface area contributed by atoms with E-state index >= 15 is 0 Å². The maximum absolute atomic E-state index is 13.0. The maximum atomic E-state index is 13.0. The number of carbonyl (C=O) groups excluding carboxylic acids is 1. The normalized spacial score (nSPS) is 22.1. The summed E-state index contributed by atoms with van der Waals surface area (Å²) in [6.45, 7) is 0.279. The molecule has 1 fully saturated rings. The molecule has 24 heavy (non-hydrogen) atoms. The van der Waals surface area contributed by atoms with Crippen LogP contribution in [0.1, 0.15) is 12.8 Å².